The Morgan fingerprint density at radius 1 is 1.16 bits per heavy atom. The Bertz CT molecular complexity index is 869. The Labute approximate surface area is 148 Å². The number of hydrogen-bond acceptors (Lipinski definition) is 3. The van der Waals surface area contributed by atoms with Gasteiger partial charge in [-0.2, -0.15) is 0 Å². The summed E-state index contributed by atoms with van der Waals surface area (Å²) in [7, 11) is 0. The third-order valence-corrected chi connectivity index (χ3v) is 5.13. The first-order valence-corrected chi connectivity index (χ1v) is 8.75. The number of aryl methyl sites for hydroxylation is 1. The summed E-state index contributed by atoms with van der Waals surface area (Å²) in [5, 5.41) is 14.0. The molecule has 0 saturated carbocycles. The van der Waals surface area contributed by atoms with Crippen LogP contribution in [0.3, 0.4) is 0 Å². The summed E-state index contributed by atoms with van der Waals surface area (Å²) in [6, 6.07) is 16.9. The van der Waals surface area contributed by atoms with Crippen molar-refractivity contribution in [2.24, 2.45) is 0 Å². The number of imidazole rings is 1. The van der Waals surface area contributed by atoms with Crippen LogP contribution in [0, 0.1) is 6.92 Å². The van der Waals surface area contributed by atoms with Crippen molar-refractivity contribution in [1.29, 1.82) is 0 Å². The van der Waals surface area contributed by atoms with Crippen molar-refractivity contribution in [3.63, 3.8) is 0 Å². The molecule has 0 spiro atoms. The molecule has 1 aliphatic rings. The monoisotopic (exact) mass is 333 g/mol. The van der Waals surface area contributed by atoms with E-state index in [9.17, 15) is 5.11 Å². The molecular formula is C21H23N3O. The van der Waals surface area contributed by atoms with Crippen LogP contribution < -0.4 is 5.32 Å². The lowest BCUT2D eigenvalue weighted by molar-refractivity contribution is 0.136. The van der Waals surface area contributed by atoms with Crippen LogP contribution in [0.15, 0.2) is 60.9 Å². The molecule has 0 amide bonds. The predicted octanol–water partition coefficient (Wildman–Crippen LogP) is 3.49. The maximum Gasteiger partial charge on any atom is 0.110 e. The number of benzene rings is 2. The first-order chi connectivity index (χ1) is 12.1. The molecule has 1 heterocycles. The molecule has 0 radical (unpaired) electrons. The van der Waals surface area contributed by atoms with E-state index in [2.05, 4.69) is 58.2 Å². The summed E-state index contributed by atoms with van der Waals surface area (Å²) in [5.41, 5.74) is 4.77. The van der Waals surface area contributed by atoms with E-state index in [0.29, 0.717) is 0 Å². The molecule has 25 heavy (non-hydrogen) atoms. The SMILES string of the molecule is Cc1nccn1-c1ccc(C(C)NC2c3ccccc3CC2O)cc1. The van der Waals surface area contributed by atoms with Crippen molar-refractivity contribution in [3.8, 4) is 5.69 Å². The summed E-state index contributed by atoms with van der Waals surface area (Å²) < 4.78 is 2.07. The Morgan fingerprint density at radius 3 is 2.64 bits per heavy atom. The Kier molecular flexibility index (Phi) is 4.15. The average Bonchev–Trinajstić information content (AvgIpc) is 3.19. The topological polar surface area (TPSA) is 50.1 Å². The molecule has 0 saturated heterocycles. The first kappa shape index (κ1) is 16.1. The summed E-state index contributed by atoms with van der Waals surface area (Å²) >= 11 is 0. The minimum atomic E-state index is -0.368. The van der Waals surface area contributed by atoms with Gasteiger partial charge in [0.25, 0.3) is 0 Å². The zero-order valence-electron chi connectivity index (χ0n) is 14.6. The minimum Gasteiger partial charge on any atom is -0.391 e. The van der Waals surface area contributed by atoms with Crippen LogP contribution in [-0.4, -0.2) is 20.8 Å². The fraction of sp³-hybridized carbons (Fsp3) is 0.286. The molecule has 0 bridgehead atoms. The van der Waals surface area contributed by atoms with Crippen molar-refractivity contribution in [3.05, 3.63) is 83.4 Å². The van der Waals surface area contributed by atoms with Crippen molar-refractivity contribution in [2.45, 2.75) is 38.5 Å². The van der Waals surface area contributed by atoms with Crippen LogP contribution in [0.5, 0.6) is 0 Å². The lowest BCUT2D eigenvalue weighted by Crippen LogP contribution is -2.31. The highest BCUT2D eigenvalue weighted by Crippen LogP contribution is 2.33. The number of rotatable bonds is 4. The van der Waals surface area contributed by atoms with E-state index >= 15 is 0 Å². The Morgan fingerprint density at radius 2 is 1.92 bits per heavy atom. The lowest BCUT2D eigenvalue weighted by Gasteiger charge is -2.23. The molecule has 4 nitrogen and oxygen atoms in total. The van der Waals surface area contributed by atoms with E-state index in [1.54, 1.807) is 0 Å². The van der Waals surface area contributed by atoms with Crippen LogP contribution in [0.2, 0.25) is 0 Å². The zero-order chi connectivity index (χ0) is 17.4. The van der Waals surface area contributed by atoms with E-state index < -0.39 is 0 Å². The van der Waals surface area contributed by atoms with Crippen molar-refractivity contribution < 1.29 is 5.11 Å². The molecule has 2 aromatic carbocycles. The standard InChI is InChI=1S/C21H23N3O/c1-14(23-21-19-6-4-3-5-17(19)13-20(21)25)16-7-9-18(10-8-16)24-12-11-22-15(24)2/h3-12,14,20-21,23,25H,13H2,1-2H3. The van der Waals surface area contributed by atoms with Gasteiger partial charge in [-0.05, 0) is 42.7 Å². The Hall–Kier alpha value is -2.43. The van der Waals surface area contributed by atoms with Gasteiger partial charge in [0.15, 0.2) is 0 Å². The van der Waals surface area contributed by atoms with Gasteiger partial charge >= 0.3 is 0 Å². The number of aromatic nitrogens is 2. The summed E-state index contributed by atoms with van der Waals surface area (Å²) in [4.78, 5) is 4.27. The van der Waals surface area contributed by atoms with Gasteiger partial charge in [-0.15, -0.1) is 0 Å². The maximum atomic E-state index is 10.4. The third kappa shape index (κ3) is 2.99. The number of fused-ring (bicyclic) bond motifs is 1. The lowest BCUT2D eigenvalue weighted by atomic mass is 10.0. The fourth-order valence-corrected chi connectivity index (χ4v) is 3.71. The fourth-order valence-electron chi connectivity index (χ4n) is 3.71. The van der Waals surface area contributed by atoms with Gasteiger partial charge in [0, 0.05) is 30.5 Å². The van der Waals surface area contributed by atoms with Gasteiger partial charge in [-0.25, -0.2) is 4.98 Å². The van der Waals surface area contributed by atoms with Gasteiger partial charge in [-0.1, -0.05) is 36.4 Å². The minimum absolute atomic E-state index is 0.0123. The van der Waals surface area contributed by atoms with E-state index in [1.807, 2.05) is 31.5 Å². The maximum absolute atomic E-state index is 10.4. The molecule has 3 atom stereocenters. The number of hydrogen-bond donors (Lipinski definition) is 2. The van der Waals surface area contributed by atoms with Gasteiger partial charge in [0.1, 0.15) is 5.82 Å². The largest absolute Gasteiger partial charge is 0.391 e. The van der Waals surface area contributed by atoms with Gasteiger partial charge in [-0.3, -0.25) is 0 Å². The van der Waals surface area contributed by atoms with Crippen LogP contribution in [0.25, 0.3) is 5.69 Å². The molecular weight excluding hydrogens is 310 g/mol. The molecule has 4 heteroatoms. The van der Waals surface area contributed by atoms with Gasteiger partial charge in [0.05, 0.1) is 12.1 Å². The molecule has 1 aromatic heterocycles. The number of aliphatic hydroxyl groups excluding tert-OH is 1. The van der Waals surface area contributed by atoms with Crippen LogP contribution in [0.1, 0.15) is 41.5 Å². The second-order valence-electron chi connectivity index (χ2n) is 6.77. The molecule has 1 aliphatic carbocycles. The molecule has 3 aromatic rings. The quantitative estimate of drug-likeness (QED) is 0.768. The normalized spacial score (nSPS) is 20.4. The number of nitrogens with zero attached hydrogens (tertiary/aromatic N) is 2. The highest BCUT2D eigenvalue weighted by atomic mass is 16.3. The van der Waals surface area contributed by atoms with Crippen molar-refractivity contribution in [2.75, 3.05) is 0 Å². The van der Waals surface area contributed by atoms with E-state index in [1.165, 1.54) is 16.7 Å². The summed E-state index contributed by atoms with van der Waals surface area (Å²) in [6.45, 7) is 4.14. The molecule has 0 aliphatic heterocycles. The molecule has 128 valence electrons. The van der Waals surface area contributed by atoms with Gasteiger partial charge < -0.3 is 15.0 Å². The van der Waals surface area contributed by atoms with E-state index in [-0.39, 0.29) is 18.2 Å². The second-order valence-corrected chi connectivity index (χ2v) is 6.77. The highest BCUT2D eigenvalue weighted by molar-refractivity contribution is 5.39. The van der Waals surface area contributed by atoms with Gasteiger partial charge in [0.2, 0.25) is 0 Å². The van der Waals surface area contributed by atoms with E-state index in [4.69, 9.17) is 0 Å². The molecule has 3 unspecified atom stereocenters. The number of nitrogens with one attached hydrogen (secondary N) is 1. The average molecular weight is 333 g/mol. The Balaban J connectivity index is 1.52. The predicted molar refractivity (Wildman–Crippen MR) is 98.7 cm³/mol. The molecule has 0 fully saturated rings. The van der Waals surface area contributed by atoms with Crippen molar-refractivity contribution in [1.82, 2.24) is 14.9 Å². The first-order valence-electron chi connectivity index (χ1n) is 8.75. The van der Waals surface area contributed by atoms with Crippen LogP contribution in [0.4, 0.5) is 0 Å². The smallest absolute Gasteiger partial charge is 0.110 e. The van der Waals surface area contributed by atoms with Crippen LogP contribution in [-0.2, 0) is 6.42 Å². The van der Waals surface area contributed by atoms with Crippen molar-refractivity contribution >= 4 is 0 Å². The zero-order valence-corrected chi connectivity index (χ0v) is 14.6. The highest BCUT2D eigenvalue weighted by Gasteiger charge is 2.31. The summed E-state index contributed by atoms with van der Waals surface area (Å²) in [5.74, 6) is 0.976. The summed E-state index contributed by atoms with van der Waals surface area (Å²) in [6.07, 6.45) is 4.14. The molecule has 4 rings (SSSR count). The van der Waals surface area contributed by atoms with E-state index in [0.717, 1.165) is 17.9 Å². The third-order valence-electron chi connectivity index (χ3n) is 5.13. The number of aliphatic hydroxyl groups is 1. The second kappa shape index (κ2) is 6.47. The van der Waals surface area contributed by atoms with Crippen LogP contribution >= 0.6 is 0 Å². The molecule has 2 N–H and O–H groups in total.